The van der Waals surface area contributed by atoms with Crippen molar-refractivity contribution >= 4 is 11.6 Å². The summed E-state index contributed by atoms with van der Waals surface area (Å²) in [6.45, 7) is 0. The van der Waals surface area contributed by atoms with Gasteiger partial charge in [0.05, 0.1) is 14.2 Å². The van der Waals surface area contributed by atoms with E-state index in [2.05, 4.69) is 36.9 Å². The van der Waals surface area contributed by atoms with Gasteiger partial charge in [-0.2, -0.15) is 31.7 Å². The van der Waals surface area contributed by atoms with Gasteiger partial charge >= 0.3 is 0 Å². The first-order chi connectivity index (χ1) is 10.9. The molecule has 0 bridgehead atoms. The van der Waals surface area contributed by atoms with Gasteiger partial charge in [-0.15, -0.1) is 12.1 Å². The molecular weight excluding hydrogens is 402 g/mol. The molecule has 0 heterocycles. The van der Waals surface area contributed by atoms with E-state index in [0.29, 0.717) is 5.75 Å². The normalized spacial score (nSPS) is 14.6. The summed E-state index contributed by atoms with van der Waals surface area (Å²) < 4.78 is 9.88. The SMILES string of the molecule is COc1[c-]ccc(OC)c1.[CH-]1CCCC1.[CH-]1CCCC1.[CH2-]Cl.[Pd]. The minimum atomic E-state index is 0. The zero-order valence-corrected chi connectivity index (χ0v) is 16.6. The Morgan fingerprint density at radius 2 is 1.43 bits per heavy atom. The molecule has 1 aromatic carbocycles. The van der Waals surface area contributed by atoms with Crippen LogP contribution < -0.4 is 9.47 Å². The first-order valence-corrected chi connectivity index (χ1v) is 8.40. The molecule has 0 unspecified atom stereocenters. The molecule has 3 rings (SSSR count). The second kappa shape index (κ2) is 19.8. The number of ether oxygens (including phenoxy) is 2. The fourth-order valence-corrected chi connectivity index (χ4v) is 2.11. The van der Waals surface area contributed by atoms with Crippen LogP contribution in [-0.2, 0) is 20.4 Å². The number of hydrogen-bond acceptors (Lipinski definition) is 2. The predicted molar refractivity (Wildman–Crippen MR) is 95.1 cm³/mol. The summed E-state index contributed by atoms with van der Waals surface area (Å²) >= 11 is 4.39. The molecule has 1 aromatic rings. The van der Waals surface area contributed by atoms with E-state index < -0.39 is 0 Å². The zero-order chi connectivity index (χ0) is 16.5. The summed E-state index contributed by atoms with van der Waals surface area (Å²) in [6.07, 6.45) is 18.7. The van der Waals surface area contributed by atoms with Crippen molar-refractivity contribution in [1.82, 2.24) is 0 Å². The Bertz CT molecular complexity index is 295. The summed E-state index contributed by atoms with van der Waals surface area (Å²) in [5.41, 5.74) is 0. The van der Waals surface area contributed by atoms with Crippen molar-refractivity contribution in [2.45, 2.75) is 51.4 Å². The van der Waals surface area contributed by atoms with E-state index in [4.69, 9.17) is 9.47 Å². The van der Waals surface area contributed by atoms with Crippen LogP contribution in [0.5, 0.6) is 11.5 Å². The molecule has 138 valence electrons. The van der Waals surface area contributed by atoms with E-state index in [1.54, 1.807) is 26.4 Å². The average Bonchev–Trinajstić information content (AvgIpc) is 3.34. The summed E-state index contributed by atoms with van der Waals surface area (Å²) in [5.74, 6) is 1.48. The average molecular weight is 431 g/mol. The Hall–Kier alpha value is -0.228. The van der Waals surface area contributed by atoms with Gasteiger partial charge in [0.1, 0.15) is 0 Å². The maximum Gasteiger partial charge on any atom is 0.0743 e. The Morgan fingerprint density at radius 1 is 0.957 bits per heavy atom. The number of hydrogen-bond donors (Lipinski definition) is 0. The van der Waals surface area contributed by atoms with Crippen molar-refractivity contribution in [2.75, 3.05) is 14.2 Å². The van der Waals surface area contributed by atoms with Crippen LogP contribution in [0.3, 0.4) is 0 Å². The van der Waals surface area contributed by atoms with Gasteiger partial charge in [-0.25, -0.2) is 0 Å². The minimum absolute atomic E-state index is 0. The molecule has 0 atom stereocenters. The quantitative estimate of drug-likeness (QED) is 0.420. The summed E-state index contributed by atoms with van der Waals surface area (Å²) in [7, 11) is 3.22. The van der Waals surface area contributed by atoms with E-state index in [0.717, 1.165) is 5.75 Å². The summed E-state index contributed by atoms with van der Waals surface area (Å²) in [4.78, 5) is 0. The molecule has 2 aliphatic rings. The third-order valence-electron chi connectivity index (χ3n) is 3.34. The van der Waals surface area contributed by atoms with Gasteiger partial charge in [-0.1, -0.05) is 31.7 Å². The van der Waals surface area contributed by atoms with Crippen LogP contribution in [-0.4, -0.2) is 14.2 Å². The molecule has 2 saturated carbocycles. The Kier molecular flexibility index (Phi) is 21.6. The second-order valence-corrected chi connectivity index (χ2v) is 4.94. The van der Waals surface area contributed by atoms with Crippen LogP contribution in [0.2, 0.25) is 0 Å². The zero-order valence-electron chi connectivity index (χ0n) is 14.3. The van der Waals surface area contributed by atoms with Crippen molar-refractivity contribution in [3.8, 4) is 11.5 Å². The molecule has 2 fully saturated rings. The largest absolute Gasteiger partial charge is 0.522 e. The minimum Gasteiger partial charge on any atom is -0.522 e. The number of benzene rings is 1. The molecule has 0 N–H and O–H groups in total. The molecule has 0 amide bonds. The van der Waals surface area contributed by atoms with Gasteiger partial charge in [-0.3, -0.25) is 6.38 Å². The molecule has 0 radical (unpaired) electrons. The molecule has 23 heavy (non-hydrogen) atoms. The molecule has 0 aliphatic heterocycles. The maximum atomic E-state index is 4.96. The van der Waals surface area contributed by atoms with Crippen molar-refractivity contribution < 1.29 is 29.9 Å². The van der Waals surface area contributed by atoms with Gasteiger partial charge in [0.2, 0.25) is 0 Å². The Labute approximate surface area is 161 Å². The first kappa shape index (κ1) is 25.0. The molecule has 2 nitrogen and oxygen atoms in total. The molecule has 0 saturated heterocycles. The van der Waals surface area contributed by atoms with Crippen molar-refractivity contribution in [2.24, 2.45) is 0 Å². The van der Waals surface area contributed by atoms with Crippen LogP contribution in [0.1, 0.15) is 51.4 Å². The molecule has 0 spiro atoms. The van der Waals surface area contributed by atoms with Crippen molar-refractivity contribution in [3.05, 3.63) is 43.5 Å². The van der Waals surface area contributed by atoms with E-state index in [1.807, 2.05) is 6.07 Å². The summed E-state index contributed by atoms with van der Waals surface area (Å²) in [5, 5.41) is 0. The Balaban J connectivity index is 0. The van der Waals surface area contributed by atoms with E-state index in [-0.39, 0.29) is 20.4 Å². The van der Waals surface area contributed by atoms with E-state index >= 15 is 0 Å². The van der Waals surface area contributed by atoms with Crippen molar-refractivity contribution in [3.63, 3.8) is 0 Å². The molecule has 0 aromatic heterocycles. The fourth-order valence-electron chi connectivity index (χ4n) is 2.11. The van der Waals surface area contributed by atoms with Crippen LogP contribution in [0.4, 0.5) is 0 Å². The van der Waals surface area contributed by atoms with Crippen LogP contribution >= 0.6 is 11.6 Å². The van der Waals surface area contributed by atoms with Crippen LogP contribution in [0.15, 0.2) is 18.2 Å². The fraction of sp³-hybridized carbons (Fsp3) is 0.526. The molecule has 2 aliphatic carbocycles. The van der Waals surface area contributed by atoms with E-state index in [9.17, 15) is 0 Å². The standard InChI is InChI=1S/C8H9O2.2C5H9.CH2Cl.Pd/c1-9-7-4-3-5-8(6-7)10-2;2*1-2-4-5-3-1;1-2;/h3-4,6H,1-2H3;2*1H,2-5H2;1H2;/q4*-1;. The van der Waals surface area contributed by atoms with Crippen LogP contribution in [0.25, 0.3) is 0 Å². The third kappa shape index (κ3) is 15.1. The van der Waals surface area contributed by atoms with E-state index in [1.165, 1.54) is 51.4 Å². The maximum absolute atomic E-state index is 4.96. The Morgan fingerprint density at radius 3 is 1.74 bits per heavy atom. The topological polar surface area (TPSA) is 18.5 Å². The van der Waals surface area contributed by atoms with Gasteiger partial charge < -0.3 is 33.9 Å². The second-order valence-electron chi connectivity index (χ2n) is 4.94. The van der Waals surface area contributed by atoms with Gasteiger partial charge in [-0.05, 0) is 0 Å². The number of rotatable bonds is 2. The van der Waals surface area contributed by atoms with Gasteiger partial charge in [0.15, 0.2) is 0 Å². The number of halogens is 1. The van der Waals surface area contributed by atoms with Crippen LogP contribution in [0, 0.1) is 25.3 Å². The monoisotopic (exact) mass is 430 g/mol. The van der Waals surface area contributed by atoms with Gasteiger partial charge in [0.25, 0.3) is 0 Å². The molecule has 4 heteroatoms. The molecular formula is C19H29ClO2Pd-4. The van der Waals surface area contributed by atoms with Gasteiger partial charge in [0, 0.05) is 31.9 Å². The third-order valence-corrected chi connectivity index (χ3v) is 3.34. The first-order valence-electron chi connectivity index (χ1n) is 7.86. The van der Waals surface area contributed by atoms with Crippen molar-refractivity contribution in [1.29, 1.82) is 0 Å². The smallest absolute Gasteiger partial charge is 0.0743 e. The number of methoxy groups -OCH3 is 2. The predicted octanol–water partition coefficient (Wildman–Crippen LogP) is 6.05. The summed E-state index contributed by atoms with van der Waals surface area (Å²) in [6, 6.07) is 8.25.